The van der Waals surface area contributed by atoms with Crippen LogP contribution in [0.1, 0.15) is 52.1 Å². The lowest BCUT2D eigenvalue weighted by molar-refractivity contribution is 0.0511. The predicted octanol–water partition coefficient (Wildman–Crippen LogP) is 6.76. The molecule has 2 amide bonds. The summed E-state index contributed by atoms with van der Waals surface area (Å²) in [6.07, 6.45) is 1.19. The van der Waals surface area contributed by atoms with E-state index in [1.807, 2.05) is 12.1 Å². The minimum Gasteiger partial charge on any atom is -0.496 e. The van der Waals surface area contributed by atoms with Crippen molar-refractivity contribution in [3.8, 4) is 5.75 Å². The SMILES string of the molecule is COc1cc(NC(=O)c2ccccc2Cl)ccc1C(=O)N1CCCC(OCCNC(C)=N)c2cc(Cl)ccc21.Cl. The van der Waals surface area contributed by atoms with Crippen LogP contribution in [0, 0.1) is 5.41 Å². The van der Waals surface area contributed by atoms with Crippen molar-refractivity contribution >= 4 is 64.6 Å². The first-order chi connectivity index (χ1) is 18.8. The van der Waals surface area contributed by atoms with Gasteiger partial charge in [-0.3, -0.25) is 15.0 Å². The maximum Gasteiger partial charge on any atom is 0.262 e. The molecule has 1 aliphatic heterocycles. The lowest BCUT2D eigenvalue weighted by Gasteiger charge is -2.25. The Morgan fingerprint density at radius 3 is 2.58 bits per heavy atom. The van der Waals surface area contributed by atoms with Crippen molar-refractivity contribution < 1.29 is 19.1 Å². The third-order valence-electron chi connectivity index (χ3n) is 6.34. The highest BCUT2D eigenvalue weighted by atomic mass is 35.5. The fourth-order valence-electron chi connectivity index (χ4n) is 4.50. The summed E-state index contributed by atoms with van der Waals surface area (Å²) in [7, 11) is 1.48. The minimum atomic E-state index is -0.364. The molecule has 0 saturated carbocycles. The Hall–Kier alpha value is -3.30. The highest BCUT2D eigenvalue weighted by molar-refractivity contribution is 6.34. The largest absolute Gasteiger partial charge is 0.496 e. The molecule has 1 aliphatic rings. The number of fused-ring (bicyclic) bond motifs is 1. The first-order valence-electron chi connectivity index (χ1n) is 12.5. The molecule has 0 saturated heterocycles. The first-order valence-corrected chi connectivity index (χ1v) is 13.3. The third kappa shape index (κ3) is 7.46. The van der Waals surface area contributed by atoms with Crippen LogP contribution in [-0.2, 0) is 4.74 Å². The summed E-state index contributed by atoms with van der Waals surface area (Å²) in [6.45, 7) is 3.09. The van der Waals surface area contributed by atoms with E-state index in [2.05, 4.69) is 10.6 Å². The van der Waals surface area contributed by atoms with Gasteiger partial charge in [0.2, 0.25) is 0 Å². The third-order valence-corrected chi connectivity index (χ3v) is 6.90. The number of hydrogen-bond donors (Lipinski definition) is 3. The van der Waals surface area contributed by atoms with Crippen LogP contribution in [0.5, 0.6) is 5.75 Å². The van der Waals surface area contributed by atoms with Gasteiger partial charge in [-0.05, 0) is 62.2 Å². The molecule has 0 radical (unpaired) electrons. The zero-order chi connectivity index (χ0) is 27.9. The lowest BCUT2D eigenvalue weighted by Crippen LogP contribution is -2.32. The van der Waals surface area contributed by atoms with Gasteiger partial charge in [-0.2, -0.15) is 0 Å². The summed E-state index contributed by atoms with van der Waals surface area (Å²) in [5.41, 5.74) is 2.74. The van der Waals surface area contributed by atoms with Crippen LogP contribution < -0.4 is 20.3 Å². The molecule has 3 N–H and O–H groups in total. The van der Waals surface area contributed by atoms with Crippen molar-refractivity contribution in [2.45, 2.75) is 25.9 Å². The number of anilines is 2. The molecule has 0 bridgehead atoms. The van der Waals surface area contributed by atoms with Crippen molar-refractivity contribution in [1.29, 1.82) is 5.41 Å². The molecule has 4 rings (SSSR count). The van der Waals surface area contributed by atoms with Gasteiger partial charge in [0.25, 0.3) is 11.8 Å². The van der Waals surface area contributed by atoms with Crippen LogP contribution in [0.2, 0.25) is 10.0 Å². The van der Waals surface area contributed by atoms with E-state index in [4.69, 9.17) is 38.1 Å². The molecule has 0 fully saturated rings. The Balaban J connectivity index is 0.00000441. The number of nitrogens with zero attached hydrogens (tertiary/aromatic N) is 1. The second-order valence-electron chi connectivity index (χ2n) is 9.06. The van der Waals surface area contributed by atoms with Crippen molar-refractivity contribution in [3.63, 3.8) is 0 Å². The van der Waals surface area contributed by atoms with Crippen LogP contribution >= 0.6 is 35.6 Å². The van der Waals surface area contributed by atoms with Gasteiger partial charge in [0, 0.05) is 41.1 Å². The minimum absolute atomic E-state index is 0. The van der Waals surface area contributed by atoms with Gasteiger partial charge in [-0.25, -0.2) is 0 Å². The van der Waals surface area contributed by atoms with Gasteiger partial charge in [0.1, 0.15) is 5.75 Å². The van der Waals surface area contributed by atoms with E-state index in [1.165, 1.54) is 7.11 Å². The summed E-state index contributed by atoms with van der Waals surface area (Å²) in [5, 5.41) is 14.2. The number of methoxy groups -OCH3 is 1. The van der Waals surface area contributed by atoms with Gasteiger partial charge in [-0.1, -0.05) is 35.3 Å². The van der Waals surface area contributed by atoms with Crippen molar-refractivity contribution in [2.75, 3.05) is 37.0 Å². The standard InChI is InChI=1S/C29H30Cl2N4O4.ClH/c1-18(32)33-13-15-39-26-8-5-14-35(25-12-9-19(30)16-23(25)26)29(37)22-11-10-20(17-27(22)38-2)34-28(36)21-6-3-4-7-24(21)31;/h3-4,6-7,9-12,16-17,26H,5,8,13-15H2,1-2H3,(H2,32,33)(H,34,36);1H. The monoisotopic (exact) mass is 604 g/mol. The van der Waals surface area contributed by atoms with Gasteiger partial charge in [0.05, 0.1) is 41.8 Å². The number of halogens is 3. The van der Waals surface area contributed by atoms with Crippen molar-refractivity contribution in [1.82, 2.24) is 5.32 Å². The summed E-state index contributed by atoms with van der Waals surface area (Å²) < 4.78 is 11.7. The molecule has 0 spiro atoms. The maximum absolute atomic E-state index is 13.9. The van der Waals surface area contributed by atoms with Crippen LogP contribution in [0.4, 0.5) is 11.4 Å². The fraction of sp³-hybridized carbons (Fsp3) is 0.276. The molecule has 11 heteroatoms. The highest BCUT2D eigenvalue weighted by Gasteiger charge is 2.29. The Morgan fingerprint density at radius 2 is 1.85 bits per heavy atom. The summed E-state index contributed by atoms with van der Waals surface area (Å²) in [5.74, 6) is 0.110. The van der Waals surface area contributed by atoms with Gasteiger partial charge >= 0.3 is 0 Å². The van der Waals surface area contributed by atoms with E-state index in [0.717, 1.165) is 11.3 Å². The molecule has 40 heavy (non-hydrogen) atoms. The van der Waals surface area contributed by atoms with Crippen molar-refractivity contribution in [3.05, 3.63) is 87.4 Å². The smallest absolute Gasteiger partial charge is 0.262 e. The van der Waals surface area contributed by atoms with Gasteiger partial charge < -0.3 is 25.0 Å². The highest BCUT2D eigenvalue weighted by Crippen LogP contribution is 2.38. The second kappa shape index (κ2) is 14.4. The number of hydrogen-bond acceptors (Lipinski definition) is 5. The maximum atomic E-state index is 13.9. The van der Waals surface area contributed by atoms with Crippen LogP contribution in [0.25, 0.3) is 0 Å². The average Bonchev–Trinajstić information content (AvgIpc) is 3.09. The van der Waals surface area contributed by atoms with Crippen LogP contribution in [-0.4, -0.2) is 44.5 Å². The molecule has 212 valence electrons. The number of nitrogens with one attached hydrogen (secondary N) is 3. The number of carbonyl (C=O) groups excluding carboxylic acids is 2. The van der Waals surface area contributed by atoms with Crippen LogP contribution in [0.15, 0.2) is 60.7 Å². The molecule has 8 nitrogen and oxygen atoms in total. The molecule has 1 heterocycles. The topological polar surface area (TPSA) is 104 Å². The summed E-state index contributed by atoms with van der Waals surface area (Å²) >= 11 is 12.5. The van der Waals surface area contributed by atoms with Gasteiger partial charge in [-0.15, -0.1) is 12.4 Å². The van der Waals surface area contributed by atoms with E-state index in [9.17, 15) is 9.59 Å². The number of carbonyl (C=O) groups is 2. The van der Waals surface area contributed by atoms with E-state index >= 15 is 0 Å². The average molecular weight is 606 g/mol. The lowest BCUT2D eigenvalue weighted by atomic mass is 10.0. The Bertz CT molecular complexity index is 1390. The fourth-order valence-corrected chi connectivity index (χ4v) is 4.90. The number of ether oxygens (including phenoxy) is 2. The molecular formula is C29H31Cl3N4O4. The predicted molar refractivity (Wildman–Crippen MR) is 162 cm³/mol. The quantitative estimate of drug-likeness (QED) is 0.150. The molecule has 1 unspecified atom stereocenters. The van der Waals surface area contributed by atoms with Gasteiger partial charge in [0.15, 0.2) is 0 Å². The Kier molecular flexibility index (Phi) is 11.2. The zero-order valence-corrected chi connectivity index (χ0v) is 24.5. The normalized spacial score (nSPS) is 14.3. The Labute approximate surface area is 249 Å². The molecular weight excluding hydrogens is 575 g/mol. The van der Waals surface area contributed by atoms with E-state index in [-0.39, 0.29) is 30.3 Å². The van der Waals surface area contributed by atoms with E-state index < -0.39 is 0 Å². The summed E-state index contributed by atoms with van der Waals surface area (Å²) in [6, 6.07) is 17.1. The molecule has 0 aromatic heterocycles. The number of amides is 2. The molecule has 0 aliphatic carbocycles. The molecule has 1 atom stereocenters. The van der Waals surface area contributed by atoms with Crippen molar-refractivity contribution in [2.24, 2.45) is 0 Å². The van der Waals surface area contributed by atoms with E-state index in [0.29, 0.717) is 71.0 Å². The molecule has 3 aromatic carbocycles. The van der Waals surface area contributed by atoms with E-state index in [1.54, 1.807) is 60.4 Å². The summed E-state index contributed by atoms with van der Waals surface area (Å²) in [4.78, 5) is 28.3. The number of rotatable bonds is 8. The second-order valence-corrected chi connectivity index (χ2v) is 9.91. The molecule has 3 aromatic rings. The zero-order valence-electron chi connectivity index (χ0n) is 22.1. The number of amidine groups is 1. The first kappa shape index (κ1) is 31.2. The van der Waals surface area contributed by atoms with Crippen LogP contribution in [0.3, 0.4) is 0 Å². The number of benzene rings is 3. The Morgan fingerprint density at radius 1 is 1.07 bits per heavy atom.